The van der Waals surface area contributed by atoms with E-state index >= 15 is 0 Å². The van der Waals surface area contributed by atoms with Gasteiger partial charge in [-0.25, -0.2) is 9.07 Å². The summed E-state index contributed by atoms with van der Waals surface area (Å²) in [5, 5.41) is 16.3. The maximum Gasteiger partial charge on any atom is 0.209 e. The fourth-order valence-corrected chi connectivity index (χ4v) is 3.48. The molecule has 2 aromatic carbocycles. The normalized spacial score (nSPS) is 10.6. The monoisotopic (exact) mass is 456 g/mol. The predicted molar refractivity (Wildman–Crippen MR) is 108 cm³/mol. The van der Waals surface area contributed by atoms with E-state index in [2.05, 4.69) is 20.8 Å². The average molecular weight is 457 g/mol. The number of aryl methyl sites for hydroxylation is 1. The molecule has 0 atom stereocenters. The van der Waals surface area contributed by atoms with Crippen molar-refractivity contribution in [2.45, 2.75) is 24.7 Å². The molecular weight excluding hydrogens is 436 g/mol. The minimum atomic E-state index is -0.256. The van der Waals surface area contributed by atoms with E-state index in [1.165, 1.54) is 12.1 Å². The van der Waals surface area contributed by atoms with Crippen LogP contribution >= 0.6 is 23.4 Å². The van der Waals surface area contributed by atoms with Crippen LogP contribution in [-0.2, 0) is 20.2 Å². The van der Waals surface area contributed by atoms with E-state index in [0.717, 1.165) is 40.8 Å². The Morgan fingerprint density at radius 2 is 2.00 bits per heavy atom. The molecule has 29 heavy (non-hydrogen) atoms. The van der Waals surface area contributed by atoms with Gasteiger partial charge in [-0.15, -0.1) is 5.10 Å². The minimum Gasteiger partial charge on any atom is -1.00 e. The van der Waals surface area contributed by atoms with Crippen molar-refractivity contribution in [2.24, 2.45) is 7.05 Å². The van der Waals surface area contributed by atoms with Crippen molar-refractivity contribution in [1.29, 1.82) is 0 Å². The highest BCUT2D eigenvalue weighted by Gasteiger charge is 2.06. The molecule has 0 unspecified atom stereocenters. The lowest BCUT2D eigenvalue weighted by molar-refractivity contribution is -0.00000677. The summed E-state index contributed by atoms with van der Waals surface area (Å²) in [6, 6.07) is 11.8. The fourth-order valence-electron chi connectivity index (χ4n) is 2.50. The first-order chi connectivity index (χ1) is 13.6. The van der Waals surface area contributed by atoms with Crippen molar-refractivity contribution >= 4 is 23.4 Å². The van der Waals surface area contributed by atoms with Crippen LogP contribution in [0.4, 0.5) is 4.39 Å². The van der Waals surface area contributed by atoms with E-state index in [1.54, 1.807) is 34.6 Å². The number of nitrogens with zero attached hydrogens (tertiary/aromatic N) is 4. The molecular formula is C19H21Cl2FN5OS-. The van der Waals surface area contributed by atoms with E-state index in [4.69, 9.17) is 16.3 Å². The van der Waals surface area contributed by atoms with Crippen LogP contribution in [0.25, 0.3) is 0 Å². The van der Waals surface area contributed by atoms with Gasteiger partial charge in [-0.3, -0.25) is 0 Å². The second-order valence-corrected chi connectivity index (χ2v) is 7.63. The highest BCUT2D eigenvalue weighted by molar-refractivity contribution is 7.99. The molecule has 0 fully saturated rings. The highest BCUT2D eigenvalue weighted by Crippen LogP contribution is 2.24. The molecule has 0 saturated heterocycles. The Morgan fingerprint density at radius 3 is 2.72 bits per heavy atom. The van der Waals surface area contributed by atoms with Crippen LogP contribution < -0.4 is 22.5 Å². The predicted octanol–water partition coefficient (Wildman–Crippen LogP) is 0.858. The van der Waals surface area contributed by atoms with Gasteiger partial charge in [0.25, 0.3) is 0 Å². The summed E-state index contributed by atoms with van der Waals surface area (Å²) in [7, 11) is 1.83. The lowest BCUT2D eigenvalue weighted by Gasteiger charge is -2.13. The van der Waals surface area contributed by atoms with E-state index in [1.807, 2.05) is 19.2 Å². The van der Waals surface area contributed by atoms with Crippen molar-refractivity contribution in [3.8, 4) is 5.75 Å². The first-order valence-corrected chi connectivity index (χ1v) is 10.2. The third-order valence-corrected chi connectivity index (χ3v) is 5.29. The van der Waals surface area contributed by atoms with E-state index in [-0.39, 0.29) is 18.2 Å². The highest BCUT2D eigenvalue weighted by atomic mass is 35.5. The van der Waals surface area contributed by atoms with Gasteiger partial charge >= 0.3 is 0 Å². The average Bonchev–Trinajstić information content (AvgIpc) is 3.10. The van der Waals surface area contributed by atoms with Gasteiger partial charge in [-0.2, -0.15) is 0 Å². The Kier molecular flexibility index (Phi) is 9.66. The molecule has 1 N–H and O–H groups in total. The van der Waals surface area contributed by atoms with Gasteiger partial charge in [0.05, 0.1) is 0 Å². The first-order valence-electron chi connectivity index (χ1n) is 8.83. The maximum atomic E-state index is 13.0. The van der Waals surface area contributed by atoms with Crippen LogP contribution in [0.2, 0.25) is 5.02 Å². The van der Waals surface area contributed by atoms with Gasteiger partial charge < -0.3 is 22.5 Å². The second-order valence-electron chi connectivity index (χ2n) is 6.13. The SMILES string of the molecule is Cn1nnnc1SCCCNCc1cc(Cl)ccc1OCc1ccc(F)cc1.[Cl-]. The lowest BCUT2D eigenvalue weighted by Crippen LogP contribution is -3.00. The molecule has 6 nitrogen and oxygen atoms in total. The summed E-state index contributed by atoms with van der Waals surface area (Å²) in [4.78, 5) is 0. The smallest absolute Gasteiger partial charge is 0.209 e. The molecule has 0 radical (unpaired) electrons. The number of aromatic nitrogens is 4. The molecule has 10 heteroatoms. The molecule has 1 aromatic heterocycles. The van der Waals surface area contributed by atoms with Crippen LogP contribution in [0.3, 0.4) is 0 Å². The molecule has 3 aromatic rings. The van der Waals surface area contributed by atoms with Gasteiger partial charge in [0.1, 0.15) is 18.2 Å². The van der Waals surface area contributed by atoms with Gasteiger partial charge in [0, 0.05) is 29.9 Å². The molecule has 0 aliphatic rings. The molecule has 0 bridgehead atoms. The summed E-state index contributed by atoms with van der Waals surface area (Å²) in [5.41, 5.74) is 1.89. The third-order valence-electron chi connectivity index (χ3n) is 3.96. The number of thioether (sulfide) groups is 1. The molecule has 0 amide bonds. The second kappa shape index (κ2) is 12.0. The summed E-state index contributed by atoms with van der Waals surface area (Å²) < 4.78 is 20.6. The zero-order chi connectivity index (χ0) is 19.8. The van der Waals surface area contributed by atoms with E-state index in [9.17, 15) is 4.39 Å². The van der Waals surface area contributed by atoms with Crippen molar-refractivity contribution < 1.29 is 21.5 Å². The summed E-state index contributed by atoms with van der Waals surface area (Å²) in [6.07, 6.45) is 0.976. The quantitative estimate of drug-likeness (QED) is 0.360. The number of benzene rings is 2. The zero-order valence-corrected chi connectivity index (χ0v) is 18.1. The first kappa shape index (κ1) is 23.4. The molecule has 0 saturated carbocycles. The Morgan fingerprint density at radius 1 is 1.21 bits per heavy atom. The van der Waals surface area contributed by atoms with Crippen LogP contribution in [0.15, 0.2) is 47.6 Å². The number of nitrogens with one attached hydrogen (secondary N) is 1. The van der Waals surface area contributed by atoms with Gasteiger partial charge in [-0.05, 0) is 59.3 Å². The van der Waals surface area contributed by atoms with Crippen LogP contribution in [-0.4, -0.2) is 32.5 Å². The van der Waals surface area contributed by atoms with Crippen LogP contribution in [0.5, 0.6) is 5.75 Å². The van der Waals surface area contributed by atoms with Crippen molar-refractivity contribution in [3.05, 3.63) is 64.4 Å². The number of rotatable bonds is 10. The molecule has 156 valence electrons. The largest absolute Gasteiger partial charge is 1.00 e. The van der Waals surface area contributed by atoms with Crippen molar-refractivity contribution in [2.75, 3.05) is 12.3 Å². The van der Waals surface area contributed by atoms with E-state index < -0.39 is 0 Å². The standard InChI is InChI=1S/C19H21ClFN5OS.ClH/c1-26-19(23-24-25-26)28-10-2-9-22-12-15-11-16(20)5-8-18(15)27-13-14-3-6-17(21)7-4-14;/h3-8,11,22H,2,9-10,12-13H2,1H3;1H/p-1. The Balaban J connectivity index is 0.00000300. The van der Waals surface area contributed by atoms with Crippen LogP contribution in [0, 0.1) is 5.82 Å². The van der Waals surface area contributed by atoms with Crippen LogP contribution in [0.1, 0.15) is 17.5 Å². The van der Waals surface area contributed by atoms with Crippen molar-refractivity contribution in [1.82, 2.24) is 25.5 Å². The minimum absolute atomic E-state index is 0. The fraction of sp³-hybridized carbons (Fsp3) is 0.316. The maximum absolute atomic E-state index is 13.0. The number of halogens is 3. The Labute approximate surface area is 184 Å². The van der Waals surface area contributed by atoms with E-state index in [0.29, 0.717) is 18.2 Å². The molecule has 0 spiro atoms. The Bertz CT molecular complexity index is 895. The Hall–Kier alpha value is -1.87. The molecule has 3 rings (SSSR count). The third kappa shape index (κ3) is 7.47. The number of tetrazole rings is 1. The topological polar surface area (TPSA) is 64.9 Å². The van der Waals surface area contributed by atoms with Gasteiger partial charge in [0.2, 0.25) is 5.16 Å². The number of hydrogen-bond acceptors (Lipinski definition) is 6. The van der Waals surface area contributed by atoms with Crippen molar-refractivity contribution in [3.63, 3.8) is 0 Å². The zero-order valence-electron chi connectivity index (χ0n) is 15.8. The summed E-state index contributed by atoms with van der Waals surface area (Å²) in [6.45, 7) is 1.87. The van der Waals surface area contributed by atoms with Gasteiger partial charge in [-0.1, -0.05) is 35.5 Å². The summed E-state index contributed by atoms with van der Waals surface area (Å²) >= 11 is 7.76. The number of ether oxygens (including phenoxy) is 1. The lowest BCUT2D eigenvalue weighted by atomic mass is 10.2. The molecule has 0 aliphatic carbocycles. The van der Waals surface area contributed by atoms with Gasteiger partial charge in [0.15, 0.2) is 0 Å². The molecule has 1 heterocycles. The summed E-state index contributed by atoms with van der Waals surface area (Å²) in [5.74, 6) is 1.43. The molecule has 0 aliphatic heterocycles. The number of hydrogen-bond donors (Lipinski definition) is 1.